The van der Waals surface area contributed by atoms with Crippen LogP contribution in [-0.4, -0.2) is 6.54 Å². The Bertz CT molecular complexity index is 233. The smallest absolute Gasteiger partial charge is 0.0120 e. The van der Waals surface area contributed by atoms with Crippen molar-refractivity contribution < 1.29 is 0 Å². The summed E-state index contributed by atoms with van der Waals surface area (Å²) in [4.78, 5) is 0. The van der Waals surface area contributed by atoms with Gasteiger partial charge in [-0.1, -0.05) is 13.8 Å². The lowest BCUT2D eigenvalue weighted by Crippen LogP contribution is -2.31. The summed E-state index contributed by atoms with van der Waals surface area (Å²) in [6.45, 7) is 7.47. The highest BCUT2D eigenvalue weighted by Crippen LogP contribution is 2.38. The van der Waals surface area contributed by atoms with Gasteiger partial charge >= 0.3 is 0 Å². The topological polar surface area (TPSA) is 26.0 Å². The molecule has 0 aromatic heterocycles. The lowest BCUT2D eigenvalue weighted by atomic mass is 9.69. The van der Waals surface area contributed by atoms with E-state index in [-0.39, 0.29) is 0 Å². The van der Waals surface area contributed by atoms with E-state index in [2.05, 4.69) is 25.7 Å². The van der Waals surface area contributed by atoms with E-state index in [1.54, 1.807) is 0 Å². The summed E-state index contributed by atoms with van der Waals surface area (Å²) in [6.07, 6.45) is 5.08. The predicted molar refractivity (Wildman–Crippen MR) is 66.3 cm³/mol. The van der Waals surface area contributed by atoms with Gasteiger partial charge < -0.3 is 5.73 Å². The van der Waals surface area contributed by atoms with Crippen LogP contribution in [0.25, 0.3) is 0 Å². The van der Waals surface area contributed by atoms with E-state index in [9.17, 15) is 0 Å². The summed E-state index contributed by atoms with van der Waals surface area (Å²) in [5, 5.41) is 0. The molecule has 1 rings (SSSR count). The van der Waals surface area contributed by atoms with Crippen LogP contribution in [0.4, 0.5) is 0 Å². The minimum atomic E-state index is 0.723. The molecule has 0 aromatic carbocycles. The molecular formula is C14H25N. The first-order valence-corrected chi connectivity index (χ1v) is 6.28. The van der Waals surface area contributed by atoms with Gasteiger partial charge in [-0.25, -0.2) is 0 Å². The molecule has 3 atom stereocenters. The van der Waals surface area contributed by atoms with Gasteiger partial charge in [-0.15, -0.1) is 11.8 Å². The van der Waals surface area contributed by atoms with Gasteiger partial charge in [-0.05, 0) is 56.4 Å². The Morgan fingerprint density at radius 3 is 2.53 bits per heavy atom. The average molecular weight is 207 g/mol. The zero-order chi connectivity index (χ0) is 11.3. The van der Waals surface area contributed by atoms with E-state index in [0.717, 1.165) is 36.6 Å². The van der Waals surface area contributed by atoms with Crippen LogP contribution in [0.3, 0.4) is 0 Å². The van der Waals surface area contributed by atoms with E-state index in [0.29, 0.717) is 0 Å². The molecule has 1 saturated carbocycles. The summed E-state index contributed by atoms with van der Waals surface area (Å²) in [5.41, 5.74) is 5.84. The van der Waals surface area contributed by atoms with Gasteiger partial charge in [-0.3, -0.25) is 0 Å². The minimum Gasteiger partial charge on any atom is -0.330 e. The first-order chi connectivity index (χ1) is 7.19. The van der Waals surface area contributed by atoms with Crippen LogP contribution < -0.4 is 5.73 Å². The van der Waals surface area contributed by atoms with Crippen molar-refractivity contribution in [3.8, 4) is 11.8 Å². The molecule has 2 N–H and O–H groups in total. The van der Waals surface area contributed by atoms with Gasteiger partial charge in [0.05, 0.1) is 0 Å². The summed E-state index contributed by atoms with van der Waals surface area (Å²) >= 11 is 0. The maximum absolute atomic E-state index is 5.84. The monoisotopic (exact) mass is 207 g/mol. The second-order valence-electron chi connectivity index (χ2n) is 5.20. The summed E-state index contributed by atoms with van der Waals surface area (Å²) in [7, 11) is 0. The lowest BCUT2D eigenvalue weighted by Gasteiger charge is -2.36. The van der Waals surface area contributed by atoms with Gasteiger partial charge in [0.2, 0.25) is 0 Å². The molecule has 0 radical (unpaired) electrons. The van der Waals surface area contributed by atoms with Crippen molar-refractivity contribution in [3.05, 3.63) is 0 Å². The van der Waals surface area contributed by atoms with Crippen LogP contribution in [-0.2, 0) is 0 Å². The molecule has 1 aliphatic rings. The zero-order valence-corrected chi connectivity index (χ0v) is 10.4. The van der Waals surface area contributed by atoms with Crippen LogP contribution in [0.15, 0.2) is 0 Å². The Kier molecular flexibility index (Phi) is 5.19. The summed E-state index contributed by atoms with van der Waals surface area (Å²) in [6, 6.07) is 0. The Morgan fingerprint density at radius 1 is 1.27 bits per heavy atom. The highest BCUT2D eigenvalue weighted by Gasteiger charge is 2.30. The van der Waals surface area contributed by atoms with Crippen molar-refractivity contribution in [3.63, 3.8) is 0 Å². The first-order valence-electron chi connectivity index (χ1n) is 6.28. The van der Waals surface area contributed by atoms with Crippen LogP contribution >= 0.6 is 0 Å². The summed E-state index contributed by atoms with van der Waals surface area (Å²) in [5.74, 6) is 9.45. The van der Waals surface area contributed by atoms with Gasteiger partial charge in [0.25, 0.3) is 0 Å². The molecule has 0 aromatic rings. The Balaban J connectivity index is 2.55. The lowest BCUT2D eigenvalue weighted by molar-refractivity contribution is 0.154. The number of nitrogens with two attached hydrogens (primary N) is 1. The normalized spacial score (nSPS) is 31.1. The van der Waals surface area contributed by atoms with E-state index in [4.69, 9.17) is 5.73 Å². The third kappa shape index (κ3) is 3.54. The molecule has 0 spiro atoms. The fourth-order valence-corrected chi connectivity index (χ4v) is 2.76. The molecule has 0 aliphatic heterocycles. The van der Waals surface area contributed by atoms with Crippen molar-refractivity contribution in [2.45, 2.75) is 46.5 Å². The molecule has 1 fully saturated rings. The second-order valence-corrected chi connectivity index (χ2v) is 5.20. The van der Waals surface area contributed by atoms with Crippen molar-refractivity contribution in [1.29, 1.82) is 0 Å². The Labute approximate surface area is 94.8 Å². The third-order valence-corrected chi connectivity index (χ3v) is 3.97. The molecule has 1 nitrogen and oxygen atoms in total. The molecular weight excluding hydrogens is 182 g/mol. The Hall–Kier alpha value is -0.480. The van der Waals surface area contributed by atoms with Crippen LogP contribution in [0, 0.1) is 35.5 Å². The third-order valence-electron chi connectivity index (χ3n) is 3.97. The van der Waals surface area contributed by atoms with Gasteiger partial charge in [0, 0.05) is 6.42 Å². The minimum absolute atomic E-state index is 0.723. The molecule has 0 amide bonds. The molecule has 86 valence electrons. The maximum atomic E-state index is 5.84. The highest BCUT2D eigenvalue weighted by molar-refractivity contribution is 4.98. The molecule has 3 unspecified atom stereocenters. The molecule has 0 saturated heterocycles. The fourth-order valence-electron chi connectivity index (χ4n) is 2.76. The largest absolute Gasteiger partial charge is 0.330 e. The van der Waals surface area contributed by atoms with E-state index < -0.39 is 0 Å². The van der Waals surface area contributed by atoms with Crippen LogP contribution in [0.2, 0.25) is 0 Å². The molecule has 15 heavy (non-hydrogen) atoms. The van der Waals surface area contributed by atoms with E-state index >= 15 is 0 Å². The number of hydrogen-bond donors (Lipinski definition) is 1. The standard InChI is InChI=1S/C14H25N/c1-4-5-6-13-9-12(11(2)3)7-8-14(13)10-15/h11-14H,6-10,15H2,1-3H3. The zero-order valence-electron chi connectivity index (χ0n) is 10.4. The van der Waals surface area contributed by atoms with Crippen LogP contribution in [0.5, 0.6) is 0 Å². The fraction of sp³-hybridized carbons (Fsp3) is 0.857. The maximum Gasteiger partial charge on any atom is 0.0120 e. The van der Waals surface area contributed by atoms with Crippen molar-refractivity contribution in [2.75, 3.05) is 6.54 Å². The number of hydrogen-bond acceptors (Lipinski definition) is 1. The highest BCUT2D eigenvalue weighted by atomic mass is 14.6. The van der Waals surface area contributed by atoms with E-state index in [1.165, 1.54) is 19.3 Å². The molecule has 0 bridgehead atoms. The van der Waals surface area contributed by atoms with Gasteiger partial charge in [-0.2, -0.15) is 0 Å². The van der Waals surface area contributed by atoms with Gasteiger partial charge in [0.1, 0.15) is 0 Å². The van der Waals surface area contributed by atoms with Crippen molar-refractivity contribution in [2.24, 2.45) is 29.4 Å². The van der Waals surface area contributed by atoms with Crippen molar-refractivity contribution >= 4 is 0 Å². The number of rotatable bonds is 3. The predicted octanol–water partition coefficient (Wildman–Crippen LogP) is 3.05. The second kappa shape index (κ2) is 6.18. The summed E-state index contributed by atoms with van der Waals surface area (Å²) < 4.78 is 0. The molecule has 1 heteroatoms. The Morgan fingerprint density at radius 2 is 2.00 bits per heavy atom. The molecule has 0 heterocycles. The van der Waals surface area contributed by atoms with Crippen molar-refractivity contribution in [1.82, 2.24) is 0 Å². The average Bonchev–Trinajstić information content (AvgIpc) is 2.25. The quantitative estimate of drug-likeness (QED) is 0.707. The van der Waals surface area contributed by atoms with Gasteiger partial charge in [0.15, 0.2) is 0 Å². The molecule has 1 aliphatic carbocycles. The van der Waals surface area contributed by atoms with E-state index in [1.807, 2.05) is 6.92 Å². The SMILES string of the molecule is CC#CCC1CC(C(C)C)CCC1CN. The van der Waals surface area contributed by atoms with Crippen LogP contribution in [0.1, 0.15) is 46.5 Å². The first kappa shape index (κ1) is 12.6.